The minimum absolute atomic E-state index is 0.391. The van der Waals surface area contributed by atoms with Crippen molar-refractivity contribution >= 4 is 5.71 Å². The molecule has 0 amide bonds. The number of benzene rings is 2. The average molecular weight is 478 g/mol. The van der Waals surface area contributed by atoms with Crippen LogP contribution in [-0.4, -0.2) is 12.8 Å². The number of hydrogen-bond donors (Lipinski definition) is 0. The lowest BCUT2D eigenvalue weighted by Gasteiger charge is -2.21. The average Bonchev–Trinajstić information content (AvgIpc) is 3.06. The van der Waals surface area contributed by atoms with Crippen LogP contribution in [0.4, 0.5) is 0 Å². The Morgan fingerprint density at radius 2 is 1.69 bits per heavy atom. The van der Waals surface area contributed by atoms with Crippen molar-refractivity contribution in [2.75, 3.05) is 7.05 Å². The van der Waals surface area contributed by atoms with Crippen molar-refractivity contribution in [1.82, 2.24) is 0 Å². The summed E-state index contributed by atoms with van der Waals surface area (Å²) in [6.07, 6.45) is 13.0. The summed E-state index contributed by atoms with van der Waals surface area (Å²) in [6, 6.07) is 19.6. The van der Waals surface area contributed by atoms with Gasteiger partial charge < -0.3 is 0 Å². The molecule has 0 bridgehead atoms. The smallest absolute Gasteiger partial charge is 0.0451 e. The van der Waals surface area contributed by atoms with Gasteiger partial charge in [0, 0.05) is 18.3 Å². The van der Waals surface area contributed by atoms with E-state index in [2.05, 4.69) is 120 Å². The van der Waals surface area contributed by atoms with Gasteiger partial charge in [-0.15, -0.1) is 0 Å². The molecule has 0 saturated carbocycles. The minimum atomic E-state index is 0.391. The van der Waals surface area contributed by atoms with Crippen LogP contribution in [0.3, 0.4) is 0 Å². The van der Waals surface area contributed by atoms with Gasteiger partial charge in [-0.1, -0.05) is 110 Å². The molecule has 2 unspecified atom stereocenters. The lowest BCUT2D eigenvalue weighted by Crippen LogP contribution is -2.17. The van der Waals surface area contributed by atoms with E-state index in [-0.39, 0.29) is 0 Å². The predicted molar refractivity (Wildman–Crippen MR) is 160 cm³/mol. The fraction of sp³-hybridized carbons (Fsp3) is 0.343. The number of hydrogen-bond acceptors (Lipinski definition) is 1. The number of allylic oxidation sites excluding steroid dienone is 9. The maximum Gasteiger partial charge on any atom is 0.0451 e. The van der Waals surface area contributed by atoms with Gasteiger partial charge >= 0.3 is 0 Å². The first-order valence-corrected chi connectivity index (χ1v) is 13.4. The van der Waals surface area contributed by atoms with Crippen LogP contribution in [0, 0.1) is 11.8 Å². The molecular weight excluding hydrogens is 434 g/mol. The zero-order chi connectivity index (χ0) is 26.1. The van der Waals surface area contributed by atoms with Gasteiger partial charge in [0.2, 0.25) is 0 Å². The molecule has 1 nitrogen and oxygen atoms in total. The summed E-state index contributed by atoms with van der Waals surface area (Å²) in [4.78, 5) is 4.86. The maximum atomic E-state index is 4.86. The molecule has 36 heavy (non-hydrogen) atoms. The number of aryl methyl sites for hydroxylation is 1. The second-order valence-electron chi connectivity index (χ2n) is 10.0. The summed E-state index contributed by atoms with van der Waals surface area (Å²) < 4.78 is 0. The van der Waals surface area contributed by atoms with Crippen LogP contribution in [-0.2, 0) is 6.42 Å². The van der Waals surface area contributed by atoms with Gasteiger partial charge in [0.05, 0.1) is 0 Å². The van der Waals surface area contributed by atoms with E-state index in [1.165, 1.54) is 50.3 Å². The van der Waals surface area contributed by atoms with Gasteiger partial charge in [-0.2, -0.15) is 0 Å². The normalized spacial score (nSPS) is 21.4. The van der Waals surface area contributed by atoms with E-state index in [0.29, 0.717) is 11.8 Å². The van der Waals surface area contributed by atoms with Crippen LogP contribution >= 0.6 is 0 Å². The molecular formula is C35H43N. The lowest BCUT2D eigenvalue weighted by molar-refractivity contribution is 0.589. The Hall–Kier alpha value is -3.19. The molecule has 2 atom stereocenters. The Morgan fingerprint density at radius 1 is 1.03 bits per heavy atom. The highest BCUT2D eigenvalue weighted by Gasteiger charge is 2.28. The van der Waals surface area contributed by atoms with Gasteiger partial charge in [-0.05, 0) is 86.1 Å². The van der Waals surface area contributed by atoms with Crippen molar-refractivity contribution < 1.29 is 0 Å². The Balaban J connectivity index is 1.94. The fourth-order valence-electron chi connectivity index (χ4n) is 5.14. The summed E-state index contributed by atoms with van der Waals surface area (Å²) in [6.45, 7) is 15.6. The summed E-state index contributed by atoms with van der Waals surface area (Å²) in [7, 11) is 1.95. The summed E-state index contributed by atoms with van der Waals surface area (Å²) in [5, 5.41) is 0. The second-order valence-corrected chi connectivity index (χ2v) is 10.0. The minimum Gasteiger partial charge on any atom is -0.292 e. The second kappa shape index (κ2) is 13.2. The van der Waals surface area contributed by atoms with Gasteiger partial charge in [-0.3, -0.25) is 4.99 Å². The number of nitrogens with zero attached hydrogens (tertiary/aromatic N) is 1. The molecule has 0 radical (unpaired) electrons. The molecule has 1 aliphatic carbocycles. The van der Waals surface area contributed by atoms with E-state index in [9.17, 15) is 0 Å². The van der Waals surface area contributed by atoms with E-state index < -0.39 is 0 Å². The molecule has 0 aliphatic heterocycles. The SMILES string of the molecule is C=C(CC)C1=CC(/C(C)=C/C=C\C)CC(C)C(=NC)/C1=C(/C)CCc1ccc(-c2ccccc2)cc1. The van der Waals surface area contributed by atoms with Crippen LogP contribution in [0.2, 0.25) is 0 Å². The maximum absolute atomic E-state index is 4.86. The van der Waals surface area contributed by atoms with Crippen LogP contribution < -0.4 is 0 Å². The third-order valence-electron chi connectivity index (χ3n) is 7.43. The standard InChI is InChI=1S/C35H43N/c1-8-10-14-26(4)32-23-28(6)35(36-7)34(33(24-32)25(3)9-2)27(5)17-18-29-19-21-31(22-20-29)30-15-12-11-13-16-30/h8,10-16,19-22,24,28,32H,3,9,17-18,23H2,1-2,4-7H3/b10-8-,26-14+,34-27-,36-35?. The summed E-state index contributed by atoms with van der Waals surface area (Å²) in [5.41, 5.74) is 11.8. The highest BCUT2D eigenvalue weighted by molar-refractivity contribution is 6.07. The number of rotatable bonds is 8. The Bertz CT molecular complexity index is 1180. The molecule has 0 saturated heterocycles. The van der Waals surface area contributed by atoms with Crippen molar-refractivity contribution in [3.05, 3.63) is 119 Å². The topological polar surface area (TPSA) is 12.4 Å². The molecule has 1 aliphatic rings. The van der Waals surface area contributed by atoms with Gasteiger partial charge in [0.25, 0.3) is 0 Å². The van der Waals surface area contributed by atoms with E-state index in [1.807, 2.05) is 7.05 Å². The quantitative estimate of drug-likeness (QED) is 0.335. The van der Waals surface area contributed by atoms with E-state index in [0.717, 1.165) is 25.7 Å². The molecule has 0 N–H and O–H groups in total. The van der Waals surface area contributed by atoms with Crippen LogP contribution in [0.25, 0.3) is 11.1 Å². The third-order valence-corrected chi connectivity index (χ3v) is 7.43. The molecule has 0 fully saturated rings. The van der Waals surface area contributed by atoms with E-state index >= 15 is 0 Å². The highest BCUT2D eigenvalue weighted by atomic mass is 14.7. The molecule has 2 aromatic rings. The molecule has 0 heterocycles. The molecule has 0 aromatic heterocycles. The van der Waals surface area contributed by atoms with Crippen molar-refractivity contribution in [2.24, 2.45) is 16.8 Å². The van der Waals surface area contributed by atoms with Gasteiger partial charge in [0.15, 0.2) is 0 Å². The largest absolute Gasteiger partial charge is 0.292 e. The van der Waals surface area contributed by atoms with E-state index in [1.54, 1.807) is 0 Å². The summed E-state index contributed by atoms with van der Waals surface area (Å²) in [5.74, 6) is 0.782. The Morgan fingerprint density at radius 3 is 2.31 bits per heavy atom. The van der Waals surface area contributed by atoms with Crippen molar-refractivity contribution in [1.29, 1.82) is 0 Å². The molecule has 1 heteroatoms. The number of aliphatic imine (C=N–C) groups is 1. The van der Waals surface area contributed by atoms with Crippen molar-refractivity contribution in [3.8, 4) is 11.1 Å². The van der Waals surface area contributed by atoms with Crippen LogP contribution in [0.5, 0.6) is 0 Å². The predicted octanol–water partition coefficient (Wildman–Crippen LogP) is 9.74. The van der Waals surface area contributed by atoms with Crippen molar-refractivity contribution in [3.63, 3.8) is 0 Å². The van der Waals surface area contributed by atoms with Crippen LogP contribution in [0.15, 0.2) is 118 Å². The first-order chi connectivity index (χ1) is 17.4. The van der Waals surface area contributed by atoms with Crippen molar-refractivity contribution in [2.45, 2.75) is 60.3 Å². The monoisotopic (exact) mass is 477 g/mol. The Labute approximate surface area is 219 Å². The molecule has 2 aromatic carbocycles. The zero-order valence-corrected chi connectivity index (χ0v) is 23.1. The zero-order valence-electron chi connectivity index (χ0n) is 23.1. The summed E-state index contributed by atoms with van der Waals surface area (Å²) >= 11 is 0. The third kappa shape index (κ3) is 6.72. The van der Waals surface area contributed by atoms with E-state index in [4.69, 9.17) is 4.99 Å². The molecule has 0 spiro atoms. The fourth-order valence-corrected chi connectivity index (χ4v) is 5.14. The molecule has 3 rings (SSSR count). The lowest BCUT2D eigenvalue weighted by atomic mass is 9.85. The van der Waals surface area contributed by atoms with Gasteiger partial charge in [0.1, 0.15) is 0 Å². The van der Waals surface area contributed by atoms with Gasteiger partial charge in [-0.25, -0.2) is 0 Å². The molecule has 188 valence electrons. The van der Waals surface area contributed by atoms with Crippen LogP contribution in [0.1, 0.15) is 59.4 Å². The Kier molecular flexibility index (Phi) is 10.1. The first-order valence-electron chi connectivity index (χ1n) is 13.4. The first kappa shape index (κ1) is 27.4. The highest BCUT2D eigenvalue weighted by Crippen LogP contribution is 2.38.